The van der Waals surface area contributed by atoms with E-state index in [9.17, 15) is 18.0 Å². The van der Waals surface area contributed by atoms with Crippen molar-refractivity contribution in [3.8, 4) is 5.75 Å². The maximum atomic E-state index is 12.8. The van der Waals surface area contributed by atoms with Crippen LogP contribution in [0.3, 0.4) is 0 Å². The van der Waals surface area contributed by atoms with Gasteiger partial charge in [-0.3, -0.25) is 9.52 Å². The van der Waals surface area contributed by atoms with Gasteiger partial charge in [0.2, 0.25) is 0 Å². The van der Waals surface area contributed by atoms with Crippen molar-refractivity contribution < 1.29 is 27.5 Å². The fraction of sp³-hybridized carbons (Fsp3) is 0.364. The van der Waals surface area contributed by atoms with Gasteiger partial charge in [0.05, 0.1) is 22.1 Å². The lowest BCUT2D eigenvalue weighted by molar-refractivity contribution is 0.0526. The van der Waals surface area contributed by atoms with Crippen LogP contribution in [0, 0.1) is 0 Å². The minimum Gasteiger partial charge on any atom is -0.494 e. The van der Waals surface area contributed by atoms with E-state index >= 15 is 0 Å². The second kappa shape index (κ2) is 11.2. The van der Waals surface area contributed by atoms with E-state index in [1.807, 2.05) is 6.92 Å². The highest BCUT2D eigenvalue weighted by Gasteiger charge is 2.19. The lowest BCUT2D eigenvalue weighted by Crippen LogP contribution is -2.38. The quantitative estimate of drug-likeness (QED) is 0.453. The lowest BCUT2D eigenvalue weighted by Gasteiger charge is -2.19. The number of rotatable bonds is 9. The van der Waals surface area contributed by atoms with Crippen LogP contribution in [0.4, 0.5) is 10.5 Å². The number of sulfonamides is 1. The number of nitrogens with one attached hydrogen (secondary N) is 3. The Morgan fingerprint density at radius 2 is 1.64 bits per heavy atom. The number of ether oxygens (including phenoxy) is 2. The Balaban J connectivity index is 2.02. The fourth-order valence-corrected chi connectivity index (χ4v) is 3.88. The number of halogens is 1. The third-order valence-corrected chi connectivity index (χ3v) is 5.70. The van der Waals surface area contributed by atoms with Gasteiger partial charge in [-0.2, -0.15) is 0 Å². The van der Waals surface area contributed by atoms with Crippen molar-refractivity contribution >= 4 is 39.3 Å². The predicted molar refractivity (Wildman–Crippen MR) is 126 cm³/mol. The minimum atomic E-state index is -3.97. The molecule has 180 valence electrons. The van der Waals surface area contributed by atoms with Gasteiger partial charge in [-0.1, -0.05) is 11.6 Å². The monoisotopic (exact) mass is 497 g/mol. The maximum absolute atomic E-state index is 12.8. The van der Waals surface area contributed by atoms with Crippen LogP contribution < -0.4 is 20.1 Å². The molecule has 0 atom stereocenters. The summed E-state index contributed by atoms with van der Waals surface area (Å²) in [5.74, 6) is 0.0381. The summed E-state index contributed by atoms with van der Waals surface area (Å²) in [5, 5.41) is 5.18. The van der Waals surface area contributed by atoms with Gasteiger partial charge >= 0.3 is 6.09 Å². The fourth-order valence-electron chi connectivity index (χ4n) is 2.60. The molecule has 0 aliphatic heterocycles. The van der Waals surface area contributed by atoms with Crippen LogP contribution in [-0.4, -0.2) is 45.7 Å². The molecular formula is C22H28ClN3O6S. The van der Waals surface area contributed by atoms with Gasteiger partial charge in [0, 0.05) is 18.8 Å². The van der Waals surface area contributed by atoms with Gasteiger partial charge in [-0.25, -0.2) is 13.2 Å². The molecule has 3 N–H and O–H groups in total. The Morgan fingerprint density at radius 1 is 1.00 bits per heavy atom. The number of hydrogen-bond acceptors (Lipinski definition) is 6. The van der Waals surface area contributed by atoms with Crippen molar-refractivity contribution in [3.63, 3.8) is 0 Å². The van der Waals surface area contributed by atoms with E-state index in [4.69, 9.17) is 21.1 Å². The average molecular weight is 498 g/mol. The van der Waals surface area contributed by atoms with Crippen LogP contribution in [0.25, 0.3) is 0 Å². The van der Waals surface area contributed by atoms with Crippen molar-refractivity contribution in [2.75, 3.05) is 24.4 Å². The van der Waals surface area contributed by atoms with Crippen molar-refractivity contribution in [1.82, 2.24) is 10.6 Å². The average Bonchev–Trinajstić information content (AvgIpc) is 2.71. The third kappa shape index (κ3) is 8.47. The molecule has 0 saturated heterocycles. The van der Waals surface area contributed by atoms with Crippen LogP contribution >= 0.6 is 11.6 Å². The van der Waals surface area contributed by atoms with E-state index in [1.54, 1.807) is 45.0 Å². The summed E-state index contributed by atoms with van der Waals surface area (Å²) < 4.78 is 38.4. The smallest absolute Gasteiger partial charge is 0.407 e. The highest BCUT2D eigenvalue weighted by molar-refractivity contribution is 7.92. The zero-order chi connectivity index (χ0) is 24.6. The Hall–Kier alpha value is -2.98. The molecule has 0 fully saturated rings. The zero-order valence-electron chi connectivity index (χ0n) is 18.9. The second-order valence-corrected chi connectivity index (χ2v) is 9.98. The van der Waals surface area contributed by atoms with Crippen LogP contribution in [0.5, 0.6) is 5.75 Å². The molecule has 2 rings (SSSR count). The molecule has 0 unspecified atom stereocenters. The lowest BCUT2D eigenvalue weighted by atomic mass is 10.2. The molecule has 0 aromatic heterocycles. The number of anilines is 1. The second-order valence-electron chi connectivity index (χ2n) is 7.89. The maximum Gasteiger partial charge on any atom is 0.407 e. The van der Waals surface area contributed by atoms with Crippen LogP contribution in [0.15, 0.2) is 47.4 Å². The van der Waals surface area contributed by atoms with Crippen LogP contribution in [0.2, 0.25) is 5.02 Å². The van der Waals surface area contributed by atoms with Crippen molar-refractivity contribution in [3.05, 3.63) is 53.1 Å². The summed E-state index contributed by atoms with van der Waals surface area (Å²) in [6.07, 6.45) is -0.608. The summed E-state index contributed by atoms with van der Waals surface area (Å²) in [6, 6.07) is 10.3. The molecule has 0 spiro atoms. The van der Waals surface area contributed by atoms with Crippen LogP contribution in [0.1, 0.15) is 38.1 Å². The molecule has 9 nitrogen and oxygen atoms in total. The van der Waals surface area contributed by atoms with Crippen molar-refractivity contribution in [2.45, 2.75) is 38.2 Å². The van der Waals surface area contributed by atoms with Gasteiger partial charge in [0.15, 0.2) is 0 Å². The first-order chi connectivity index (χ1) is 15.4. The first-order valence-corrected chi connectivity index (χ1v) is 12.1. The normalized spacial score (nSPS) is 11.4. The topological polar surface area (TPSA) is 123 Å². The minimum absolute atomic E-state index is 0.0106. The van der Waals surface area contributed by atoms with Gasteiger partial charge in [-0.05, 0) is 70.2 Å². The molecule has 2 aromatic carbocycles. The number of carbonyl (C=O) groups excluding carboxylic acids is 2. The number of amides is 2. The SMILES string of the molecule is CCOc1ccc(NS(=O)(=O)c2ccc(Cl)c(C(=O)NCCNC(=O)OC(C)(C)C)c2)cc1. The van der Waals surface area contributed by atoms with Gasteiger partial charge in [0.25, 0.3) is 15.9 Å². The van der Waals surface area contributed by atoms with E-state index in [1.165, 1.54) is 18.2 Å². The number of carbonyl (C=O) groups is 2. The predicted octanol–water partition coefficient (Wildman–Crippen LogP) is 3.79. The molecule has 2 amide bonds. The van der Waals surface area contributed by atoms with Crippen molar-refractivity contribution in [2.24, 2.45) is 0 Å². The zero-order valence-corrected chi connectivity index (χ0v) is 20.5. The first-order valence-electron chi connectivity index (χ1n) is 10.2. The Labute approximate surface area is 198 Å². The number of benzene rings is 2. The highest BCUT2D eigenvalue weighted by atomic mass is 35.5. The Bertz CT molecular complexity index is 1080. The van der Waals surface area contributed by atoms with Gasteiger partial charge in [-0.15, -0.1) is 0 Å². The molecule has 0 bridgehead atoms. The Kier molecular flexibility index (Phi) is 8.95. The van der Waals surface area contributed by atoms with E-state index in [0.29, 0.717) is 18.0 Å². The summed E-state index contributed by atoms with van der Waals surface area (Å²) in [6.45, 7) is 7.78. The first kappa shape index (κ1) is 26.3. The molecule has 0 aliphatic rings. The summed E-state index contributed by atoms with van der Waals surface area (Å²) >= 11 is 6.10. The van der Waals surface area contributed by atoms with E-state index < -0.39 is 27.6 Å². The van der Waals surface area contributed by atoms with Gasteiger partial charge < -0.3 is 20.1 Å². The van der Waals surface area contributed by atoms with Gasteiger partial charge in [0.1, 0.15) is 11.4 Å². The van der Waals surface area contributed by atoms with Crippen molar-refractivity contribution in [1.29, 1.82) is 0 Å². The molecule has 33 heavy (non-hydrogen) atoms. The third-order valence-electron chi connectivity index (χ3n) is 3.99. The van der Waals surface area contributed by atoms with E-state index in [-0.39, 0.29) is 28.6 Å². The standard InChI is InChI=1S/C22H28ClN3O6S/c1-5-31-16-8-6-15(7-9-16)26-33(29,30)17-10-11-19(23)18(14-17)20(27)24-12-13-25-21(28)32-22(2,3)4/h6-11,14,26H,5,12-13H2,1-4H3,(H,24,27)(H,25,28). The summed E-state index contributed by atoms with van der Waals surface area (Å²) in [7, 11) is -3.97. The van der Waals surface area contributed by atoms with E-state index in [0.717, 1.165) is 0 Å². The Morgan fingerprint density at radius 3 is 2.24 bits per heavy atom. The number of alkyl carbamates (subject to hydrolysis) is 1. The highest BCUT2D eigenvalue weighted by Crippen LogP contribution is 2.23. The molecule has 0 radical (unpaired) electrons. The largest absolute Gasteiger partial charge is 0.494 e. The molecule has 0 aliphatic carbocycles. The molecule has 0 saturated carbocycles. The molecular weight excluding hydrogens is 470 g/mol. The van der Waals surface area contributed by atoms with E-state index in [2.05, 4.69) is 15.4 Å². The molecule has 11 heteroatoms. The summed E-state index contributed by atoms with van der Waals surface area (Å²) in [5.41, 5.74) is -0.303. The number of hydrogen-bond donors (Lipinski definition) is 3. The summed E-state index contributed by atoms with van der Waals surface area (Å²) in [4.78, 5) is 24.0. The molecule has 0 heterocycles. The molecule has 2 aromatic rings. The van der Waals surface area contributed by atoms with Crippen LogP contribution in [-0.2, 0) is 14.8 Å².